The van der Waals surface area contributed by atoms with Crippen LogP contribution in [0.25, 0.3) is 0 Å². The SMILES string of the molecule is Cc1ccc(C)c(S(=O)(=O)N(CCO)C2CC2)c1. The number of sulfonamides is 1. The second-order valence-electron chi connectivity index (χ2n) is 4.84. The number of hydrogen-bond donors (Lipinski definition) is 1. The highest BCUT2D eigenvalue weighted by molar-refractivity contribution is 7.89. The van der Waals surface area contributed by atoms with Gasteiger partial charge < -0.3 is 5.11 Å². The van der Waals surface area contributed by atoms with Crippen molar-refractivity contribution < 1.29 is 13.5 Å². The van der Waals surface area contributed by atoms with Crippen LogP contribution in [0.4, 0.5) is 0 Å². The number of rotatable bonds is 5. The fraction of sp³-hybridized carbons (Fsp3) is 0.538. The zero-order valence-corrected chi connectivity index (χ0v) is 11.6. The van der Waals surface area contributed by atoms with Gasteiger partial charge in [0.15, 0.2) is 0 Å². The minimum Gasteiger partial charge on any atom is -0.395 e. The molecule has 1 aromatic carbocycles. The molecular weight excluding hydrogens is 250 g/mol. The van der Waals surface area contributed by atoms with Gasteiger partial charge in [-0.05, 0) is 43.9 Å². The van der Waals surface area contributed by atoms with Crippen LogP contribution in [0.3, 0.4) is 0 Å². The summed E-state index contributed by atoms with van der Waals surface area (Å²) in [5.74, 6) is 0. The maximum absolute atomic E-state index is 12.6. The van der Waals surface area contributed by atoms with Crippen molar-refractivity contribution in [2.75, 3.05) is 13.2 Å². The largest absolute Gasteiger partial charge is 0.395 e. The lowest BCUT2D eigenvalue weighted by Gasteiger charge is -2.22. The van der Waals surface area contributed by atoms with Crippen molar-refractivity contribution in [1.29, 1.82) is 0 Å². The van der Waals surface area contributed by atoms with Gasteiger partial charge in [-0.3, -0.25) is 0 Å². The van der Waals surface area contributed by atoms with E-state index in [2.05, 4.69) is 0 Å². The number of aryl methyl sites for hydroxylation is 2. The van der Waals surface area contributed by atoms with E-state index in [1.807, 2.05) is 19.1 Å². The maximum atomic E-state index is 12.6. The second kappa shape index (κ2) is 4.99. The molecule has 0 bridgehead atoms. The van der Waals surface area contributed by atoms with E-state index < -0.39 is 10.0 Å². The summed E-state index contributed by atoms with van der Waals surface area (Å²) in [5.41, 5.74) is 1.68. The van der Waals surface area contributed by atoms with E-state index in [0.29, 0.717) is 4.90 Å². The molecule has 18 heavy (non-hydrogen) atoms. The molecule has 1 aliphatic rings. The van der Waals surface area contributed by atoms with E-state index in [-0.39, 0.29) is 19.2 Å². The molecule has 1 aromatic rings. The van der Waals surface area contributed by atoms with E-state index in [1.165, 1.54) is 4.31 Å². The van der Waals surface area contributed by atoms with Crippen LogP contribution in [0.5, 0.6) is 0 Å². The highest BCUT2D eigenvalue weighted by atomic mass is 32.2. The lowest BCUT2D eigenvalue weighted by molar-refractivity contribution is 0.250. The Kier molecular flexibility index (Phi) is 3.75. The van der Waals surface area contributed by atoms with Crippen LogP contribution in [-0.2, 0) is 10.0 Å². The molecule has 5 heteroatoms. The summed E-state index contributed by atoms with van der Waals surface area (Å²) in [6.07, 6.45) is 1.79. The third kappa shape index (κ3) is 2.58. The molecule has 0 aliphatic heterocycles. The van der Waals surface area contributed by atoms with Crippen LogP contribution < -0.4 is 0 Å². The summed E-state index contributed by atoms with van der Waals surface area (Å²) < 4.78 is 26.6. The van der Waals surface area contributed by atoms with E-state index >= 15 is 0 Å². The smallest absolute Gasteiger partial charge is 0.243 e. The molecule has 0 unspecified atom stereocenters. The quantitative estimate of drug-likeness (QED) is 0.880. The molecule has 1 aliphatic carbocycles. The average molecular weight is 269 g/mol. The van der Waals surface area contributed by atoms with Gasteiger partial charge in [0.25, 0.3) is 0 Å². The van der Waals surface area contributed by atoms with Crippen molar-refractivity contribution in [3.63, 3.8) is 0 Å². The minimum atomic E-state index is -3.48. The third-order valence-electron chi connectivity index (χ3n) is 3.20. The van der Waals surface area contributed by atoms with Gasteiger partial charge >= 0.3 is 0 Å². The van der Waals surface area contributed by atoms with Gasteiger partial charge in [-0.2, -0.15) is 4.31 Å². The van der Waals surface area contributed by atoms with Crippen LogP contribution in [-0.4, -0.2) is 37.0 Å². The Hall–Kier alpha value is -0.910. The highest BCUT2D eigenvalue weighted by Gasteiger charge is 2.38. The van der Waals surface area contributed by atoms with Gasteiger partial charge in [-0.15, -0.1) is 0 Å². The molecule has 0 heterocycles. The van der Waals surface area contributed by atoms with Crippen molar-refractivity contribution in [3.05, 3.63) is 29.3 Å². The Morgan fingerprint density at radius 2 is 2.00 bits per heavy atom. The first-order chi connectivity index (χ1) is 8.46. The number of hydrogen-bond acceptors (Lipinski definition) is 3. The van der Waals surface area contributed by atoms with Gasteiger partial charge in [-0.1, -0.05) is 12.1 Å². The molecule has 0 amide bonds. The molecule has 100 valence electrons. The van der Waals surface area contributed by atoms with Crippen molar-refractivity contribution in [2.45, 2.75) is 37.6 Å². The Morgan fingerprint density at radius 1 is 1.33 bits per heavy atom. The molecule has 0 spiro atoms. The van der Waals surface area contributed by atoms with Crippen LogP contribution in [0, 0.1) is 13.8 Å². The summed E-state index contributed by atoms with van der Waals surface area (Å²) in [7, 11) is -3.48. The molecule has 2 rings (SSSR count). The van der Waals surface area contributed by atoms with E-state index in [9.17, 15) is 8.42 Å². The second-order valence-corrected chi connectivity index (χ2v) is 6.70. The van der Waals surface area contributed by atoms with Crippen LogP contribution in [0.1, 0.15) is 24.0 Å². The number of aliphatic hydroxyl groups is 1. The number of nitrogens with zero attached hydrogens (tertiary/aromatic N) is 1. The summed E-state index contributed by atoms with van der Waals surface area (Å²) in [6.45, 7) is 3.73. The molecule has 1 N–H and O–H groups in total. The van der Waals surface area contributed by atoms with Gasteiger partial charge in [0.05, 0.1) is 11.5 Å². The summed E-state index contributed by atoms with van der Waals surface area (Å²) in [4.78, 5) is 0.364. The van der Waals surface area contributed by atoms with Crippen molar-refractivity contribution >= 4 is 10.0 Å². The zero-order chi connectivity index (χ0) is 13.3. The van der Waals surface area contributed by atoms with Gasteiger partial charge in [0.2, 0.25) is 10.0 Å². The Bertz CT molecular complexity index is 535. The average Bonchev–Trinajstić information content (AvgIpc) is 3.13. The van der Waals surface area contributed by atoms with Crippen LogP contribution in [0.15, 0.2) is 23.1 Å². The standard InChI is InChI=1S/C13H19NO3S/c1-10-3-4-11(2)13(9-10)18(16,17)14(7-8-15)12-5-6-12/h3-4,9,12,15H,5-8H2,1-2H3. The third-order valence-corrected chi connectivity index (χ3v) is 5.30. The molecule has 1 saturated carbocycles. The molecule has 4 nitrogen and oxygen atoms in total. The maximum Gasteiger partial charge on any atom is 0.243 e. The lowest BCUT2D eigenvalue weighted by atomic mass is 10.2. The lowest BCUT2D eigenvalue weighted by Crippen LogP contribution is -2.35. The minimum absolute atomic E-state index is 0.0714. The molecule has 0 radical (unpaired) electrons. The van der Waals surface area contributed by atoms with Crippen LogP contribution >= 0.6 is 0 Å². The molecule has 0 atom stereocenters. The van der Waals surface area contributed by atoms with Gasteiger partial charge in [0.1, 0.15) is 0 Å². The Balaban J connectivity index is 2.42. The van der Waals surface area contributed by atoms with Crippen molar-refractivity contribution in [2.24, 2.45) is 0 Å². The van der Waals surface area contributed by atoms with E-state index in [4.69, 9.17) is 5.11 Å². The summed E-state index contributed by atoms with van der Waals surface area (Å²) in [5, 5.41) is 9.04. The molecule has 1 fully saturated rings. The summed E-state index contributed by atoms with van der Waals surface area (Å²) in [6, 6.07) is 5.51. The first-order valence-corrected chi connectivity index (χ1v) is 7.61. The first-order valence-electron chi connectivity index (χ1n) is 6.17. The normalized spacial score (nSPS) is 16.2. The van der Waals surface area contributed by atoms with Crippen molar-refractivity contribution in [3.8, 4) is 0 Å². The van der Waals surface area contributed by atoms with Crippen molar-refractivity contribution in [1.82, 2.24) is 4.31 Å². The molecule has 0 saturated heterocycles. The topological polar surface area (TPSA) is 57.6 Å². The van der Waals surface area contributed by atoms with Crippen LogP contribution in [0.2, 0.25) is 0 Å². The zero-order valence-electron chi connectivity index (χ0n) is 10.8. The monoisotopic (exact) mass is 269 g/mol. The predicted molar refractivity (Wildman–Crippen MR) is 69.9 cm³/mol. The Morgan fingerprint density at radius 3 is 2.56 bits per heavy atom. The summed E-state index contributed by atoms with van der Waals surface area (Å²) >= 11 is 0. The number of benzene rings is 1. The fourth-order valence-electron chi connectivity index (χ4n) is 2.07. The highest BCUT2D eigenvalue weighted by Crippen LogP contribution is 2.32. The van der Waals surface area contributed by atoms with Gasteiger partial charge in [-0.25, -0.2) is 8.42 Å². The molecular formula is C13H19NO3S. The molecule has 0 aromatic heterocycles. The van der Waals surface area contributed by atoms with E-state index in [0.717, 1.165) is 24.0 Å². The fourth-order valence-corrected chi connectivity index (χ4v) is 4.06. The predicted octanol–water partition coefficient (Wildman–Crippen LogP) is 1.45. The number of aliphatic hydroxyl groups excluding tert-OH is 1. The van der Waals surface area contributed by atoms with E-state index in [1.54, 1.807) is 13.0 Å². The Labute approximate surface area is 108 Å². The van der Waals surface area contributed by atoms with Gasteiger partial charge in [0, 0.05) is 12.6 Å². The first kappa shape index (κ1) is 13.5.